The lowest BCUT2D eigenvalue weighted by Gasteiger charge is -2.51. The molecule has 0 aromatic heterocycles. The van der Waals surface area contributed by atoms with Gasteiger partial charge < -0.3 is 9.47 Å². The van der Waals surface area contributed by atoms with Crippen LogP contribution in [0.5, 0.6) is 0 Å². The van der Waals surface area contributed by atoms with E-state index in [1.54, 1.807) is 0 Å². The lowest BCUT2D eigenvalue weighted by Crippen LogP contribution is -2.47. The first kappa shape index (κ1) is 17.7. The van der Waals surface area contributed by atoms with Gasteiger partial charge in [-0.2, -0.15) is 0 Å². The zero-order valence-electron chi connectivity index (χ0n) is 14.7. The van der Waals surface area contributed by atoms with Gasteiger partial charge in [-0.1, -0.05) is 48.0 Å². The Labute approximate surface area is 132 Å². The molecule has 2 atom stereocenters. The second kappa shape index (κ2) is 7.73. The van der Waals surface area contributed by atoms with E-state index in [0.29, 0.717) is 29.4 Å². The van der Waals surface area contributed by atoms with Gasteiger partial charge in [0, 0.05) is 27.1 Å². The molecule has 3 nitrogen and oxygen atoms in total. The SMILES string of the molecule is CC(C)C1OC(C(C)C)P(N2CCCCC2)C(C(C)C)O1. The quantitative estimate of drug-likeness (QED) is 0.691. The van der Waals surface area contributed by atoms with Gasteiger partial charge in [-0.15, -0.1) is 0 Å². The highest BCUT2D eigenvalue weighted by atomic mass is 31.1. The molecule has 0 aromatic rings. The van der Waals surface area contributed by atoms with Crippen molar-refractivity contribution in [3.8, 4) is 0 Å². The van der Waals surface area contributed by atoms with E-state index in [1.807, 2.05) is 0 Å². The van der Waals surface area contributed by atoms with Crippen molar-refractivity contribution in [3.63, 3.8) is 0 Å². The molecule has 0 N–H and O–H groups in total. The van der Waals surface area contributed by atoms with Crippen LogP contribution in [0.25, 0.3) is 0 Å². The molecule has 2 fully saturated rings. The average Bonchev–Trinajstić information content (AvgIpc) is 2.46. The summed E-state index contributed by atoms with van der Waals surface area (Å²) in [6.07, 6.45) is 4.02. The summed E-state index contributed by atoms with van der Waals surface area (Å²) in [6, 6.07) is 0. The molecule has 0 bridgehead atoms. The van der Waals surface area contributed by atoms with Gasteiger partial charge in [0.2, 0.25) is 0 Å². The first-order valence-electron chi connectivity index (χ1n) is 8.76. The van der Waals surface area contributed by atoms with E-state index in [2.05, 4.69) is 46.2 Å². The molecule has 2 saturated heterocycles. The molecule has 0 radical (unpaired) electrons. The Morgan fingerprint density at radius 1 is 0.762 bits per heavy atom. The summed E-state index contributed by atoms with van der Waals surface area (Å²) in [5.41, 5.74) is 0. The van der Waals surface area contributed by atoms with Crippen LogP contribution in [0.3, 0.4) is 0 Å². The van der Waals surface area contributed by atoms with Gasteiger partial charge in [0.15, 0.2) is 6.29 Å². The number of hydrogen-bond donors (Lipinski definition) is 0. The standard InChI is InChI=1S/C17H34NO2P/c1-12(2)15-19-16(13(3)4)21(17(20-15)14(5)6)18-10-8-7-9-11-18/h12-17H,7-11H2,1-6H3. The summed E-state index contributed by atoms with van der Waals surface area (Å²) >= 11 is 0. The molecule has 2 aliphatic rings. The molecule has 124 valence electrons. The van der Waals surface area contributed by atoms with E-state index in [9.17, 15) is 0 Å². The molecular formula is C17H34NO2P. The fourth-order valence-electron chi connectivity index (χ4n) is 3.25. The summed E-state index contributed by atoms with van der Waals surface area (Å²) in [7, 11) is -0.358. The van der Waals surface area contributed by atoms with Gasteiger partial charge in [0.25, 0.3) is 0 Å². The highest BCUT2D eigenvalue weighted by Crippen LogP contribution is 2.59. The Morgan fingerprint density at radius 2 is 1.24 bits per heavy atom. The number of rotatable bonds is 4. The molecule has 2 aliphatic heterocycles. The van der Waals surface area contributed by atoms with Crippen molar-refractivity contribution in [2.75, 3.05) is 13.1 Å². The smallest absolute Gasteiger partial charge is 0.161 e. The molecule has 2 unspecified atom stereocenters. The lowest BCUT2D eigenvalue weighted by molar-refractivity contribution is -0.214. The Balaban J connectivity index is 2.22. The summed E-state index contributed by atoms with van der Waals surface area (Å²) in [4.78, 5) is 0. The fourth-order valence-corrected chi connectivity index (χ4v) is 6.64. The monoisotopic (exact) mass is 315 g/mol. The summed E-state index contributed by atoms with van der Waals surface area (Å²) in [6.45, 7) is 16.1. The van der Waals surface area contributed by atoms with Crippen LogP contribution in [0.15, 0.2) is 0 Å². The maximum atomic E-state index is 6.42. The van der Waals surface area contributed by atoms with Crippen molar-refractivity contribution in [2.45, 2.75) is 78.8 Å². The number of nitrogens with zero attached hydrogens (tertiary/aromatic N) is 1. The molecular weight excluding hydrogens is 281 g/mol. The maximum absolute atomic E-state index is 6.42. The normalized spacial score (nSPS) is 35.9. The van der Waals surface area contributed by atoms with E-state index < -0.39 is 0 Å². The Hall–Kier alpha value is 0.310. The van der Waals surface area contributed by atoms with E-state index >= 15 is 0 Å². The first-order chi connectivity index (χ1) is 9.91. The molecule has 2 rings (SSSR count). The predicted octanol–water partition coefficient (Wildman–Crippen LogP) is 4.86. The minimum Gasteiger partial charge on any atom is -0.343 e. The molecule has 0 spiro atoms. The molecule has 0 amide bonds. The molecule has 21 heavy (non-hydrogen) atoms. The van der Waals surface area contributed by atoms with Crippen LogP contribution >= 0.6 is 8.07 Å². The van der Waals surface area contributed by atoms with Gasteiger partial charge in [-0.3, -0.25) is 4.67 Å². The largest absolute Gasteiger partial charge is 0.343 e. The summed E-state index contributed by atoms with van der Waals surface area (Å²) < 4.78 is 15.6. The number of hydrogen-bond acceptors (Lipinski definition) is 3. The van der Waals surface area contributed by atoms with Crippen molar-refractivity contribution >= 4 is 8.07 Å². The molecule has 0 aliphatic carbocycles. The summed E-state index contributed by atoms with van der Waals surface area (Å²) in [5.74, 6) is 2.25. The van der Waals surface area contributed by atoms with Crippen LogP contribution in [0.2, 0.25) is 0 Å². The highest BCUT2D eigenvalue weighted by Gasteiger charge is 2.45. The molecule has 2 heterocycles. The van der Waals surface area contributed by atoms with Crippen molar-refractivity contribution in [3.05, 3.63) is 0 Å². The second-order valence-electron chi connectivity index (χ2n) is 7.55. The van der Waals surface area contributed by atoms with Crippen molar-refractivity contribution in [1.82, 2.24) is 4.67 Å². The number of ether oxygens (including phenoxy) is 2. The Kier molecular flexibility index (Phi) is 6.50. The van der Waals surface area contributed by atoms with Gasteiger partial charge in [0.1, 0.15) is 0 Å². The van der Waals surface area contributed by atoms with Crippen molar-refractivity contribution < 1.29 is 9.47 Å². The number of piperidine rings is 1. The third kappa shape index (κ3) is 4.19. The third-order valence-electron chi connectivity index (χ3n) is 4.41. The van der Waals surface area contributed by atoms with Crippen LogP contribution < -0.4 is 0 Å². The Bertz CT molecular complexity index is 298. The van der Waals surface area contributed by atoms with Crippen LogP contribution in [-0.4, -0.2) is 35.7 Å². The molecule has 0 aromatic carbocycles. The Morgan fingerprint density at radius 3 is 1.62 bits per heavy atom. The van der Waals surface area contributed by atoms with E-state index in [1.165, 1.54) is 32.4 Å². The molecule has 4 heteroatoms. The van der Waals surface area contributed by atoms with Crippen molar-refractivity contribution in [1.29, 1.82) is 0 Å². The summed E-state index contributed by atoms with van der Waals surface area (Å²) in [5, 5.41) is 0. The van der Waals surface area contributed by atoms with Crippen LogP contribution in [0.4, 0.5) is 0 Å². The van der Waals surface area contributed by atoms with Crippen LogP contribution in [-0.2, 0) is 9.47 Å². The minimum absolute atomic E-state index is 0.0339. The maximum Gasteiger partial charge on any atom is 0.161 e. The van der Waals surface area contributed by atoms with E-state index in [4.69, 9.17) is 9.47 Å². The highest BCUT2D eigenvalue weighted by molar-refractivity contribution is 7.56. The van der Waals surface area contributed by atoms with E-state index in [-0.39, 0.29) is 14.4 Å². The van der Waals surface area contributed by atoms with E-state index in [0.717, 1.165) is 0 Å². The van der Waals surface area contributed by atoms with Gasteiger partial charge in [-0.05, 0) is 24.7 Å². The van der Waals surface area contributed by atoms with Gasteiger partial charge in [-0.25, -0.2) is 0 Å². The van der Waals surface area contributed by atoms with Gasteiger partial charge in [0.05, 0.1) is 11.7 Å². The predicted molar refractivity (Wildman–Crippen MR) is 90.4 cm³/mol. The minimum atomic E-state index is -0.358. The second-order valence-corrected chi connectivity index (χ2v) is 9.89. The van der Waals surface area contributed by atoms with Gasteiger partial charge >= 0.3 is 0 Å². The third-order valence-corrected chi connectivity index (χ3v) is 7.94. The van der Waals surface area contributed by atoms with Crippen LogP contribution in [0, 0.1) is 17.8 Å². The van der Waals surface area contributed by atoms with Crippen LogP contribution in [0.1, 0.15) is 60.8 Å². The van der Waals surface area contributed by atoms with Crippen molar-refractivity contribution in [2.24, 2.45) is 17.8 Å². The first-order valence-corrected chi connectivity index (χ1v) is 10.2. The topological polar surface area (TPSA) is 21.7 Å². The lowest BCUT2D eigenvalue weighted by atomic mass is 10.2. The zero-order chi connectivity index (χ0) is 15.6. The average molecular weight is 315 g/mol. The molecule has 0 saturated carbocycles. The fraction of sp³-hybridized carbons (Fsp3) is 1.00. The zero-order valence-corrected chi connectivity index (χ0v) is 15.6.